The fraction of sp³-hybridized carbons (Fsp3) is 1.00. The van der Waals surface area contributed by atoms with Crippen molar-refractivity contribution in [2.45, 2.75) is 38.5 Å². The van der Waals surface area contributed by atoms with Crippen molar-refractivity contribution in [1.29, 1.82) is 0 Å². The van der Waals surface area contributed by atoms with E-state index in [4.69, 9.17) is 4.74 Å². The second kappa shape index (κ2) is 8.06. The van der Waals surface area contributed by atoms with E-state index in [0.717, 1.165) is 31.6 Å². The lowest BCUT2D eigenvalue weighted by Crippen LogP contribution is -2.30. The van der Waals surface area contributed by atoms with Crippen LogP contribution in [-0.2, 0) is 4.74 Å². The van der Waals surface area contributed by atoms with E-state index in [9.17, 15) is 0 Å². The molecule has 2 fully saturated rings. The van der Waals surface area contributed by atoms with Crippen LogP contribution in [0, 0.1) is 11.8 Å². The Balaban J connectivity index is 1.31. The van der Waals surface area contributed by atoms with Gasteiger partial charge < -0.3 is 15.4 Å². The van der Waals surface area contributed by atoms with Gasteiger partial charge in [-0.3, -0.25) is 0 Å². The summed E-state index contributed by atoms with van der Waals surface area (Å²) in [4.78, 5) is 0. The minimum atomic E-state index is 0.905. The highest BCUT2D eigenvalue weighted by molar-refractivity contribution is 4.72. The molecule has 2 N–H and O–H groups in total. The van der Waals surface area contributed by atoms with E-state index in [1.807, 2.05) is 0 Å². The number of rotatable bonds is 9. The summed E-state index contributed by atoms with van der Waals surface area (Å²) < 4.78 is 5.61. The molecule has 3 nitrogen and oxygen atoms in total. The lowest BCUT2D eigenvalue weighted by molar-refractivity contribution is 0.122. The first-order valence-electron chi connectivity index (χ1n) is 7.44. The second-order valence-corrected chi connectivity index (χ2v) is 5.60. The van der Waals surface area contributed by atoms with E-state index in [0.29, 0.717) is 0 Å². The number of nitrogens with one attached hydrogen (secondary N) is 2. The molecule has 0 bridgehead atoms. The van der Waals surface area contributed by atoms with Crippen molar-refractivity contribution in [1.82, 2.24) is 10.6 Å². The van der Waals surface area contributed by atoms with Crippen LogP contribution < -0.4 is 10.6 Å². The summed E-state index contributed by atoms with van der Waals surface area (Å²) in [5, 5.41) is 6.95. The van der Waals surface area contributed by atoms with E-state index < -0.39 is 0 Å². The van der Waals surface area contributed by atoms with Gasteiger partial charge in [-0.2, -0.15) is 0 Å². The van der Waals surface area contributed by atoms with Gasteiger partial charge in [-0.15, -0.1) is 0 Å². The van der Waals surface area contributed by atoms with Crippen LogP contribution in [0.4, 0.5) is 0 Å². The molecule has 1 aliphatic heterocycles. The molecule has 1 saturated carbocycles. The third-order valence-corrected chi connectivity index (χ3v) is 3.88. The van der Waals surface area contributed by atoms with E-state index in [1.165, 1.54) is 58.2 Å². The van der Waals surface area contributed by atoms with Gasteiger partial charge in [-0.25, -0.2) is 0 Å². The maximum absolute atomic E-state index is 5.61. The molecule has 3 heteroatoms. The highest BCUT2D eigenvalue weighted by Gasteiger charge is 2.20. The van der Waals surface area contributed by atoms with Crippen LogP contribution in [0.2, 0.25) is 0 Å². The lowest BCUT2D eigenvalue weighted by Gasteiger charge is -2.22. The number of ether oxygens (including phenoxy) is 1. The summed E-state index contributed by atoms with van der Waals surface area (Å²) in [7, 11) is 0. The number of piperidine rings is 1. The highest BCUT2D eigenvalue weighted by atomic mass is 16.5. The molecule has 2 rings (SSSR count). The van der Waals surface area contributed by atoms with Crippen molar-refractivity contribution in [3.8, 4) is 0 Å². The second-order valence-electron chi connectivity index (χ2n) is 5.60. The third kappa shape index (κ3) is 6.39. The number of hydrogen-bond donors (Lipinski definition) is 2. The van der Waals surface area contributed by atoms with Crippen LogP contribution in [0.5, 0.6) is 0 Å². The predicted molar refractivity (Wildman–Crippen MR) is 71.2 cm³/mol. The minimum absolute atomic E-state index is 0.905. The monoisotopic (exact) mass is 240 g/mol. The van der Waals surface area contributed by atoms with E-state index >= 15 is 0 Å². The zero-order valence-corrected chi connectivity index (χ0v) is 11.0. The molecule has 0 aromatic rings. The first kappa shape index (κ1) is 13.3. The van der Waals surface area contributed by atoms with Crippen molar-refractivity contribution in [3.05, 3.63) is 0 Å². The quantitative estimate of drug-likeness (QED) is 0.603. The Labute approximate surface area is 106 Å². The minimum Gasteiger partial charge on any atom is -0.381 e. The fourth-order valence-electron chi connectivity index (χ4n) is 2.44. The molecule has 0 aromatic heterocycles. The molecule has 1 saturated heterocycles. The Morgan fingerprint density at radius 3 is 2.59 bits per heavy atom. The molecule has 2 aliphatic rings. The smallest absolute Gasteiger partial charge is 0.0494 e. The summed E-state index contributed by atoms with van der Waals surface area (Å²) in [5.74, 6) is 1.86. The van der Waals surface area contributed by atoms with Crippen LogP contribution in [-0.4, -0.2) is 39.4 Å². The molecule has 0 aromatic carbocycles. The van der Waals surface area contributed by atoms with Gasteiger partial charge in [0.05, 0.1) is 0 Å². The van der Waals surface area contributed by atoms with Crippen LogP contribution in [0.1, 0.15) is 38.5 Å². The topological polar surface area (TPSA) is 33.3 Å². The van der Waals surface area contributed by atoms with Gasteiger partial charge in [0.25, 0.3) is 0 Å². The van der Waals surface area contributed by atoms with Gasteiger partial charge in [0.2, 0.25) is 0 Å². The zero-order chi connectivity index (χ0) is 11.8. The Morgan fingerprint density at radius 2 is 1.82 bits per heavy atom. The highest BCUT2D eigenvalue weighted by Crippen LogP contribution is 2.28. The molecule has 0 atom stereocenters. The van der Waals surface area contributed by atoms with Gasteiger partial charge in [0.1, 0.15) is 0 Å². The molecular formula is C14H28N2O. The molecule has 100 valence electrons. The van der Waals surface area contributed by atoms with Crippen LogP contribution in [0.25, 0.3) is 0 Å². The summed E-state index contributed by atoms with van der Waals surface area (Å²) in [6.07, 6.45) is 8.05. The Morgan fingerprint density at radius 1 is 1.00 bits per heavy atom. The first-order valence-corrected chi connectivity index (χ1v) is 7.44. The van der Waals surface area contributed by atoms with Crippen molar-refractivity contribution < 1.29 is 4.74 Å². The van der Waals surface area contributed by atoms with Crippen molar-refractivity contribution in [3.63, 3.8) is 0 Å². The summed E-state index contributed by atoms with van der Waals surface area (Å²) in [6, 6.07) is 0. The average molecular weight is 240 g/mol. The van der Waals surface area contributed by atoms with E-state index in [2.05, 4.69) is 10.6 Å². The summed E-state index contributed by atoms with van der Waals surface area (Å²) in [6.45, 7) is 6.70. The summed E-state index contributed by atoms with van der Waals surface area (Å²) >= 11 is 0. The normalized spacial score (nSPS) is 21.9. The fourth-order valence-corrected chi connectivity index (χ4v) is 2.44. The van der Waals surface area contributed by atoms with Crippen molar-refractivity contribution in [2.75, 3.05) is 39.4 Å². The maximum Gasteiger partial charge on any atom is 0.0494 e. The van der Waals surface area contributed by atoms with Gasteiger partial charge in [-0.1, -0.05) is 0 Å². The SMILES string of the molecule is C(CNCCC1CCNCC1)COCC1CC1. The zero-order valence-electron chi connectivity index (χ0n) is 11.0. The van der Waals surface area contributed by atoms with Crippen molar-refractivity contribution in [2.24, 2.45) is 11.8 Å². The third-order valence-electron chi connectivity index (χ3n) is 3.88. The van der Waals surface area contributed by atoms with E-state index in [1.54, 1.807) is 0 Å². The molecule has 0 unspecified atom stereocenters. The van der Waals surface area contributed by atoms with Gasteiger partial charge in [-0.05, 0) is 76.5 Å². The Hall–Kier alpha value is -0.120. The largest absolute Gasteiger partial charge is 0.381 e. The summed E-state index contributed by atoms with van der Waals surface area (Å²) in [5.41, 5.74) is 0. The van der Waals surface area contributed by atoms with Crippen molar-refractivity contribution >= 4 is 0 Å². The molecule has 17 heavy (non-hydrogen) atoms. The molecule has 1 aliphatic carbocycles. The average Bonchev–Trinajstić information content (AvgIpc) is 3.18. The Kier molecular flexibility index (Phi) is 6.32. The van der Waals surface area contributed by atoms with Gasteiger partial charge >= 0.3 is 0 Å². The van der Waals surface area contributed by atoms with Gasteiger partial charge in [0, 0.05) is 13.2 Å². The van der Waals surface area contributed by atoms with Crippen LogP contribution in [0.3, 0.4) is 0 Å². The van der Waals surface area contributed by atoms with Gasteiger partial charge in [0.15, 0.2) is 0 Å². The maximum atomic E-state index is 5.61. The predicted octanol–water partition coefficient (Wildman–Crippen LogP) is 1.78. The number of hydrogen-bond acceptors (Lipinski definition) is 3. The van der Waals surface area contributed by atoms with Crippen LogP contribution >= 0.6 is 0 Å². The standard InChI is InChI=1S/C14H28N2O/c1(11-17-12-14-2-3-14)7-15-8-4-13-5-9-16-10-6-13/h13-16H,1-12H2. The van der Waals surface area contributed by atoms with E-state index in [-0.39, 0.29) is 0 Å². The lowest BCUT2D eigenvalue weighted by atomic mass is 9.95. The first-order chi connectivity index (χ1) is 8.45. The molecule has 0 radical (unpaired) electrons. The molecule has 1 heterocycles. The molecule has 0 amide bonds. The van der Waals surface area contributed by atoms with Crippen LogP contribution in [0.15, 0.2) is 0 Å². The molecular weight excluding hydrogens is 212 g/mol. The molecule has 0 spiro atoms. The Bertz CT molecular complexity index is 189.